The fourth-order valence-corrected chi connectivity index (χ4v) is 6.95. The molecule has 0 amide bonds. The van der Waals surface area contributed by atoms with E-state index in [1.54, 1.807) is 26.0 Å². The molecular formula is C41H52O9S. The van der Waals surface area contributed by atoms with Gasteiger partial charge in [0.05, 0.1) is 19.1 Å². The quantitative estimate of drug-likeness (QED) is 0.0708. The molecular weight excluding hydrogens is 669 g/mol. The topological polar surface area (TPSA) is 155 Å². The summed E-state index contributed by atoms with van der Waals surface area (Å²) in [6.45, 7) is 14.7. The van der Waals surface area contributed by atoms with Crippen molar-refractivity contribution in [2.75, 3.05) is 6.61 Å². The van der Waals surface area contributed by atoms with Crippen LogP contribution in [0.5, 0.6) is 0 Å². The molecule has 0 heterocycles. The molecule has 0 aliphatic heterocycles. The van der Waals surface area contributed by atoms with Gasteiger partial charge in [-0.05, 0) is 58.1 Å². The zero-order valence-corrected chi connectivity index (χ0v) is 31.8. The summed E-state index contributed by atoms with van der Waals surface area (Å²) in [5.41, 5.74) is 2.61. The van der Waals surface area contributed by atoms with Crippen molar-refractivity contribution in [1.82, 2.24) is 0 Å². The maximum Gasteiger partial charge on any atom is 0.397 e. The van der Waals surface area contributed by atoms with E-state index in [9.17, 15) is 33.0 Å². The van der Waals surface area contributed by atoms with E-state index in [4.69, 9.17) is 8.74 Å². The van der Waals surface area contributed by atoms with Crippen molar-refractivity contribution in [2.45, 2.75) is 93.6 Å². The molecule has 1 fully saturated rings. The zero-order chi connectivity index (χ0) is 38.6. The number of carboxylic acid groups (broad SMARTS) is 1. The van der Waals surface area contributed by atoms with E-state index in [0.29, 0.717) is 18.4 Å². The molecule has 0 unspecified atom stereocenters. The van der Waals surface area contributed by atoms with Gasteiger partial charge in [0.25, 0.3) is 0 Å². The molecule has 2 aliphatic carbocycles. The summed E-state index contributed by atoms with van der Waals surface area (Å²) in [7, 11) is -4.54. The summed E-state index contributed by atoms with van der Waals surface area (Å²) in [6.07, 6.45) is 21.9. The summed E-state index contributed by atoms with van der Waals surface area (Å²) < 4.78 is 36.2. The van der Waals surface area contributed by atoms with E-state index in [1.165, 1.54) is 6.08 Å². The van der Waals surface area contributed by atoms with Crippen molar-refractivity contribution in [3.05, 3.63) is 106 Å². The first-order valence-corrected chi connectivity index (χ1v) is 18.2. The van der Waals surface area contributed by atoms with Crippen molar-refractivity contribution in [3.8, 4) is 11.8 Å². The SMILES string of the molecule is CC1=C(C#C/C(=C/C=C/C(C)=C/C=C/C=C(C)/C=C/C=C(C)/C=C/C(=O)[C@]2(C)CC(=O)C[C@]2(C)CC(=O)O)CO)C(C)(C)C[C@H](OS(=O)(=O)O)C1. The highest BCUT2D eigenvalue weighted by Gasteiger charge is 2.56. The average Bonchev–Trinajstić information content (AvgIpc) is 3.22. The number of allylic oxidation sites excluding steroid dienone is 16. The summed E-state index contributed by atoms with van der Waals surface area (Å²) in [6, 6.07) is 0. The average molecular weight is 721 g/mol. The molecule has 0 saturated heterocycles. The number of hydrogen-bond acceptors (Lipinski definition) is 7. The van der Waals surface area contributed by atoms with Crippen LogP contribution in [0.1, 0.15) is 87.5 Å². The number of ketones is 2. The van der Waals surface area contributed by atoms with Gasteiger partial charge >= 0.3 is 16.4 Å². The van der Waals surface area contributed by atoms with E-state index >= 15 is 0 Å². The summed E-state index contributed by atoms with van der Waals surface area (Å²) in [5, 5.41) is 19.2. The molecule has 0 spiro atoms. The number of hydrogen-bond donors (Lipinski definition) is 3. The molecule has 2 aliphatic rings. The number of carbonyl (C=O) groups is 3. The van der Waals surface area contributed by atoms with Crippen LogP contribution in [-0.4, -0.2) is 53.4 Å². The third-order valence-corrected chi connectivity index (χ3v) is 9.92. The highest BCUT2D eigenvalue weighted by Crippen LogP contribution is 2.54. The highest BCUT2D eigenvalue weighted by molar-refractivity contribution is 7.80. The van der Waals surface area contributed by atoms with Gasteiger partial charge in [-0.2, -0.15) is 8.42 Å². The molecule has 2 rings (SSSR count). The van der Waals surface area contributed by atoms with Crippen LogP contribution in [0.25, 0.3) is 0 Å². The van der Waals surface area contributed by atoms with Gasteiger partial charge in [0.1, 0.15) is 5.78 Å². The van der Waals surface area contributed by atoms with E-state index in [1.807, 2.05) is 96.2 Å². The Labute approximate surface area is 303 Å². The Morgan fingerprint density at radius 3 is 1.96 bits per heavy atom. The van der Waals surface area contributed by atoms with Gasteiger partial charge in [-0.15, -0.1) is 0 Å². The van der Waals surface area contributed by atoms with Crippen LogP contribution in [0.4, 0.5) is 0 Å². The Morgan fingerprint density at radius 1 is 0.882 bits per heavy atom. The van der Waals surface area contributed by atoms with Crippen molar-refractivity contribution in [3.63, 3.8) is 0 Å². The number of aliphatic carboxylic acids is 1. The second-order valence-electron chi connectivity index (χ2n) is 14.6. The first-order valence-electron chi connectivity index (χ1n) is 16.8. The Morgan fingerprint density at radius 2 is 1.43 bits per heavy atom. The molecule has 10 heteroatoms. The van der Waals surface area contributed by atoms with Crippen LogP contribution in [0.15, 0.2) is 106 Å². The minimum atomic E-state index is -4.54. The van der Waals surface area contributed by atoms with Crippen molar-refractivity contribution < 1.29 is 41.8 Å². The number of Topliss-reactive ketones (excluding diaryl/α,β-unsaturated/α-hetero) is 1. The van der Waals surface area contributed by atoms with Gasteiger partial charge in [0.2, 0.25) is 0 Å². The molecule has 0 aromatic carbocycles. The van der Waals surface area contributed by atoms with Gasteiger partial charge < -0.3 is 10.2 Å². The lowest BCUT2D eigenvalue weighted by atomic mass is 9.63. The van der Waals surface area contributed by atoms with Crippen LogP contribution in [0.3, 0.4) is 0 Å². The lowest BCUT2D eigenvalue weighted by Gasteiger charge is -2.37. The van der Waals surface area contributed by atoms with Crippen LogP contribution in [-0.2, 0) is 29.0 Å². The van der Waals surface area contributed by atoms with Gasteiger partial charge in [-0.3, -0.25) is 18.9 Å². The molecule has 51 heavy (non-hydrogen) atoms. The number of rotatable bonds is 14. The highest BCUT2D eigenvalue weighted by atomic mass is 32.3. The summed E-state index contributed by atoms with van der Waals surface area (Å²) in [4.78, 5) is 36.7. The molecule has 0 aromatic heterocycles. The van der Waals surface area contributed by atoms with Crippen molar-refractivity contribution >= 4 is 27.9 Å². The second kappa shape index (κ2) is 18.4. The van der Waals surface area contributed by atoms with Crippen LogP contribution < -0.4 is 0 Å². The smallest absolute Gasteiger partial charge is 0.397 e. The van der Waals surface area contributed by atoms with Crippen LogP contribution >= 0.6 is 0 Å². The van der Waals surface area contributed by atoms with Gasteiger partial charge in [-0.25, -0.2) is 4.18 Å². The summed E-state index contributed by atoms with van der Waals surface area (Å²) in [5.74, 6) is 4.83. The minimum Gasteiger partial charge on any atom is -0.481 e. The normalized spacial score (nSPS) is 25.5. The van der Waals surface area contributed by atoms with E-state index < -0.39 is 38.7 Å². The molecule has 276 valence electrons. The van der Waals surface area contributed by atoms with E-state index in [2.05, 4.69) is 11.8 Å². The zero-order valence-electron chi connectivity index (χ0n) is 30.9. The Hall–Kier alpha value is -4.14. The Bertz CT molecular complexity index is 1810. The number of carboxylic acids is 1. The lowest BCUT2D eigenvalue weighted by molar-refractivity contribution is -0.143. The predicted octanol–water partition coefficient (Wildman–Crippen LogP) is 7.72. The van der Waals surface area contributed by atoms with Gasteiger partial charge in [0, 0.05) is 34.8 Å². The standard InChI is InChI=1S/C41H52O9S/c1-29(15-11-16-31(3)19-22-37(44)41(8)25-34(43)24-40(41,7)27-38(45)46)13-9-10-14-30(2)17-12-18-33(28-42)20-21-36-32(4)23-35(26-39(36,5)6)50-51(47,48)49/h9-19,22,35,42H,23-28H2,1-8H3,(H,45,46)(H,47,48,49)/b10-9+,15-11+,17-12+,22-19+,29-13+,30-14+,31-16+,33-18-/t35-,40-,41+/m1/s1. The molecule has 0 bridgehead atoms. The number of aliphatic hydroxyl groups is 1. The maximum absolute atomic E-state index is 13.1. The summed E-state index contributed by atoms with van der Waals surface area (Å²) >= 11 is 0. The van der Waals surface area contributed by atoms with Gasteiger partial charge in [0.15, 0.2) is 5.78 Å². The molecule has 9 nitrogen and oxygen atoms in total. The number of aliphatic hydroxyl groups excluding tert-OH is 1. The predicted molar refractivity (Wildman–Crippen MR) is 201 cm³/mol. The molecule has 0 aromatic rings. The fourth-order valence-electron chi connectivity index (χ4n) is 6.47. The van der Waals surface area contributed by atoms with E-state index in [-0.39, 0.29) is 37.4 Å². The fraction of sp³-hybridized carbons (Fsp3) is 0.439. The van der Waals surface area contributed by atoms with Crippen LogP contribution in [0.2, 0.25) is 0 Å². The molecule has 0 radical (unpaired) electrons. The monoisotopic (exact) mass is 720 g/mol. The largest absolute Gasteiger partial charge is 0.481 e. The van der Waals surface area contributed by atoms with E-state index in [0.717, 1.165) is 27.9 Å². The second-order valence-corrected chi connectivity index (χ2v) is 15.6. The molecule has 1 saturated carbocycles. The van der Waals surface area contributed by atoms with Crippen molar-refractivity contribution in [2.24, 2.45) is 16.2 Å². The first-order chi connectivity index (χ1) is 23.6. The first kappa shape index (κ1) is 43.0. The Balaban J connectivity index is 1.99. The molecule has 3 atom stereocenters. The van der Waals surface area contributed by atoms with Crippen LogP contribution in [0, 0.1) is 28.1 Å². The van der Waals surface area contributed by atoms with Crippen molar-refractivity contribution in [1.29, 1.82) is 0 Å². The minimum absolute atomic E-state index is 0.0470. The number of carbonyl (C=O) groups excluding carboxylic acids is 2. The molecule has 3 N–H and O–H groups in total. The maximum atomic E-state index is 13.1. The van der Waals surface area contributed by atoms with Gasteiger partial charge in [-0.1, -0.05) is 123 Å². The lowest BCUT2D eigenvalue weighted by Crippen LogP contribution is -2.40. The third kappa shape index (κ3) is 13.5. The third-order valence-electron chi connectivity index (χ3n) is 9.41. The Kier molecular flexibility index (Phi) is 15.5.